The summed E-state index contributed by atoms with van der Waals surface area (Å²) in [5.74, 6) is -0.431. The van der Waals surface area contributed by atoms with Gasteiger partial charge in [-0.25, -0.2) is 4.39 Å². The Labute approximate surface area is 243 Å². The standard InChI is InChI=1S/C31H42ClFN4O.ClH/c1-27(2,3)37-10-9-23(36-37)20-12-24(34-25(20)19-7-8-21(32)22(33)11-19)26(38)35-31-16-28(4)13-29(5,17-31)15-30(6,14-28)18-31;/h7-11,20,24-25,34H,12-18H2,1-6H3,(H,35,38);1H/t20?,24-,25-,28?,29?,30?,31?;/m0./s1. The zero-order chi connectivity index (χ0) is 27.3. The third kappa shape index (κ3) is 5.15. The van der Waals surface area contributed by atoms with Crippen LogP contribution in [0.3, 0.4) is 0 Å². The van der Waals surface area contributed by atoms with Crippen molar-refractivity contribution < 1.29 is 9.18 Å². The van der Waals surface area contributed by atoms with Crippen LogP contribution in [0.2, 0.25) is 5.02 Å². The summed E-state index contributed by atoms with van der Waals surface area (Å²) in [6.45, 7) is 13.6. The lowest BCUT2D eigenvalue weighted by Crippen LogP contribution is -2.68. The molecule has 3 atom stereocenters. The molecule has 7 rings (SSSR count). The fourth-order valence-corrected chi connectivity index (χ4v) is 10.1. The highest BCUT2D eigenvalue weighted by Gasteiger charge is 2.64. The highest BCUT2D eigenvalue weighted by atomic mass is 35.5. The van der Waals surface area contributed by atoms with Gasteiger partial charge in [0.2, 0.25) is 5.91 Å². The molecule has 1 aromatic carbocycles. The van der Waals surface area contributed by atoms with Gasteiger partial charge in [-0.05, 0) is 106 Å². The number of carbonyl (C=O) groups excluding carboxylic acids is 1. The number of nitrogens with one attached hydrogen (secondary N) is 2. The van der Waals surface area contributed by atoms with Crippen LogP contribution in [0.5, 0.6) is 0 Å². The van der Waals surface area contributed by atoms with Crippen molar-refractivity contribution in [1.82, 2.24) is 20.4 Å². The molecule has 1 aromatic heterocycles. The van der Waals surface area contributed by atoms with Crippen LogP contribution in [-0.4, -0.2) is 27.3 Å². The average Bonchev–Trinajstić information content (AvgIpc) is 3.39. The highest BCUT2D eigenvalue weighted by Crippen LogP contribution is 2.70. The van der Waals surface area contributed by atoms with E-state index in [0.717, 1.165) is 30.5 Å². The van der Waals surface area contributed by atoms with E-state index < -0.39 is 5.82 Å². The van der Waals surface area contributed by atoms with E-state index in [-0.39, 0.29) is 52.4 Å². The van der Waals surface area contributed by atoms with E-state index in [2.05, 4.69) is 52.2 Å². The Bertz CT molecular complexity index is 1230. The monoisotopic (exact) mass is 576 g/mol. The summed E-state index contributed by atoms with van der Waals surface area (Å²) in [7, 11) is 0. The molecule has 214 valence electrons. The molecule has 5 aliphatic rings. The Balaban J connectivity index is 0.00000308. The number of hydrogen-bond acceptors (Lipinski definition) is 3. The minimum Gasteiger partial charge on any atom is -0.349 e. The number of rotatable bonds is 4. The van der Waals surface area contributed by atoms with Crippen molar-refractivity contribution in [1.29, 1.82) is 0 Å². The minimum atomic E-state index is -0.443. The van der Waals surface area contributed by atoms with Gasteiger partial charge in [0.15, 0.2) is 0 Å². The van der Waals surface area contributed by atoms with Crippen LogP contribution in [-0.2, 0) is 10.3 Å². The number of carbonyl (C=O) groups is 1. The van der Waals surface area contributed by atoms with Crippen molar-refractivity contribution >= 4 is 29.9 Å². The molecule has 2 aromatic rings. The number of aromatic nitrogens is 2. The Morgan fingerprint density at radius 3 is 2.15 bits per heavy atom. The lowest BCUT2D eigenvalue weighted by Gasteiger charge is -2.69. The van der Waals surface area contributed by atoms with Crippen molar-refractivity contribution in [2.45, 2.75) is 116 Å². The molecule has 1 saturated heterocycles. The molecule has 5 nitrogen and oxygen atoms in total. The van der Waals surface area contributed by atoms with Crippen LogP contribution < -0.4 is 10.6 Å². The van der Waals surface area contributed by atoms with Crippen molar-refractivity contribution in [2.75, 3.05) is 0 Å². The van der Waals surface area contributed by atoms with Gasteiger partial charge in [-0.15, -0.1) is 12.4 Å². The first-order valence-corrected chi connectivity index (χ1v) is 14.6. The van der Waals surface area contributed by atoms with Crippen LogP contribution in [0.25, 0.3) is 0 Å². The van der Waals surface area contributed by atoms with E-state index in [4.69, 9.17) is 16.7 Å². The zero-order valence-electron chi connectivity index (χ0n) is 24.0. The molecule has 2 heterocycles. The molecule has 4 bridgehead atoms. The van der Waals surface area contributed by atoms with Crippen LogP contribution in [0.1, 0.15) is 110 Å². The van der Waals surface area contributed by atoms with Crippen LogP contribution in [0, 0.1) is 22.1 Å². The van der Waals surface area contributed by atoms with Gasteiger partial charge in [-0.1, -0.05) is 38.4 Å². The highest BCUT2D eigenvalue weighted by molar-refractivity contribution is 6.30. The molecular weight excluding hydrogens is 534 g/mol. The van der Waals surface area contributed by atoms with E-state index >= 15 is 0 Å². The minimum absolute atomic E-state index is 0. The van der Waals surface area contributed by atoms with Gasteiger partial charge in [0, 0.05) is 23.7 Å². The van der Waals surface area contributed by atoms with Crippen LogP contribution >= 0.6 is 24.0 Å². The first-order chi connectivity index (χ1) is 17.6. The summed E-state index contributed by atoms with van der Waals surface area (Å²) < 4.78 is 16.5. The van der Waals surface area contributed by atoms with E-state index in [1.807, 2.05) is 23.0 Å². The van der Waals surface area contributed by atoms with Crippen molar-refractivity contribution in [3.8, 4) is 0 Å². The second-order valence-corrected chi connectivity index (χ2v) is 15.7. The maximum absolute atomic E-state index is 14.5. The van der Waals surface area contributed by atoms with Gasteiger partial charge in [-0.3, -0.25) is 14.8 Å². The maximum atomic E-state index is 14.5. The normalized spacial score (nSPS) is 39.0. The lowest BCUT2D eigenvalue weighted by molar-refractivity contribution is -0.164. The zero-order valence-corrected chi connectivity index (χ0v) is 25.6. The molecule has 5 fully saturated rings. The molecule has 4 aliphatic carbocycles. The van der Waals surface area contributed by atoms with Gasteiger partial charge in [-0.2, -0.15) is 5.10 Å². The predicted molar refractivity (Wildman–Crippen MR) is 156 cm³/mol. The molecule has 4 saturated carbocycles. The summed E-state index contributed by atoms with van der Waals surface area (Å²) in [5.41, 5.74) is 2.30. The van der Waals surface area contributed by atoms with Crippen LogP contribution in [0.4, 0.5) is 4.39 Å². The molecule has 2 N–H and O–H groups in total. The Kier molecular flexibility index (Phi) is 6.80. The smallest absolute Gasteiger partial charge is 0.237 e. The lowest BCUT2D eigenvalue weighted by atomic mass is 9.38. The third-order valence-corrected chi connectivity index (χ3v) is 10.1. The van der Waals surface area contributed by atoms with E-state index in [1.54, 1.807) is 6.07 Å². The number of hydrogen-bond donors (Lipinski definition) is 2. The van der Waals surface area contributed by atoms with Gasteiger partial charge in [0.05, 0.1) is 22.3 Å². The van der Waals surface area contributed by atoms with E-state index in [9.17, 15) is 9.18 Å². The van der Waals surface area contributed by atoms with Crippen molar-refractivity contribution in [3.05, 3.63) is 52.6 Å². The summed E-state index contributed by atoms with van der Waals surface area (Å²) in [4.78, 5) is 14.0. The van der Waals surface area contributed by atoms with Gasteiger partial charge in [0.25, 0.3) is 0 Å². The Morgan fingerprint density at radius 2 is 1.64 bits per heavy atom. The molecule has 39 heavy (non-hydrogen) atoms. The number of halogens is 3. The summed E-state index contributed by atoms with van der Waals surface area (Å²) in [6.07, 6.45) is 9.59. The Hall–Kier alpha value is -1.63. The fourth-order valence-electron chi connectivity index (χ4n) is 9.98. The van der Waals surface area contributed by atoms with E-state index in [1.165, 1.54) is 25.3 Å². The molecule has 1 unspecified atom stereocenters. The first kappa shape index (κ1) is 28.9. The summed E-state index contributed by atoms with van der Waals surface area (Å²) in [6, 6.07) is 6.39. The van der Waals surface area contributed by atoms with Gasteiger partial charge in [0.1, 0.15) is 5.82 Å². The maximum Gasteiger partial charge on any atom is 0.237 e. The molecule has 0 spiro atoms. The third-order valence-electron chi connectivity index (χ3n) is 9.81. The van der Waals surface area contributed by atoms with Gasteiger partial charge < -0.3 is 5.32 Å². The topological polar surface area (TPSA) is 59.0 Å². The Morgan fingerprint density at radius 1 is 1.05 bits per heavy atom. The number of benzene rings is 1. The predicted octanol–water partition coefficient (Wildman–Crippen LogP) is 7.29. The van der Waals surface area contributed by atoms with E-state index in [0.29, 0.717) is 22.7 Å². The molecule has 1 amide bonds. The second-order valence-electron chi connectivity index (χ2n) is 15.3. The largest absolute Gasteiger partial charge is 0.349 e. The fraction of sp³-hybridized carbons (Fsp3) is 0.677. The van der Waals surface area contributed by atoms with Gasteiger partial charge >= 0.3 is 0 Å². The molecular formula is C31H43Cl2FN4O. The summed E-state index contributed by atoms with van der Waals surface area (Å²) in [5, 5.41) is 12.2. The molecule has 0 radical (unpaired) electrons. The second kappa shape index (κ2) is 9.19. The quantitative estimate of drug-likeness (QED) is 0.401. The van der Waals surface area contributed by atoms with Crippen LogP contribution in [0.15, 0.2) is 30.5 Å². The van der Waals surface area contributed by atoms with Crippen molar-refractivity contribution in [3.63, 3.8) is 0 Å². The number of nitrogens with zero attached hydrogens (tertiary/aromatic N) is 2. The summed E-state index contributed by atoms with van der Waals surface area (Å²) >= 11 is 6.00. The molecule has 1 aliphatic heterocycles. The number of amides is 1. The molecule has 8 heteroatoms. The SMILES string of the molecule is CC12CC3(C)CC(C)(C1)CC(NC(=O)[C@@H]1CC(c4ccn(C(C)(C)C)n4)[C@H](c4ccc(Cl)c(F)c4)N1)(C2)C3.Cl. The average molecular weight is 578 g/mol. The van der Waals surface area contributed by atoms with Crippen molar-refractivity contribution in [2.24, 2.45) is 16.2 Å². The first-order valence-electron chi connectivity index (χ1n) is 14.2.